The van der Waals surface area contributed by atoms with Crippen LogP contribution in [0.15, 0.2) is 24.3 Å². The molecule has 0 radical (unpaired) electrons. The van der Waals surface area contributed by atoms with E-state index in [0.29, 0.717) is 24.8 Å². The van der Waals surface area contributed by atoms with Crippen LogP contribution in [0.4, 0.5) is 4.39 Å². The van der Waals surface area contributed by atoms with Crippen LogP contribution in [-0.2, 0) is 4.74 Å². The number of benzene rings is 1. The van der Waals surface area contributed by atoms with Gasteiger partial charge in [-0.15, -0.1) is 0 Å². The molecule has 0 aromatic heterocycles. The molecule has 0 spiro atoms. The van der Waals surface area contributed by atoms with Crippen molar-refractivity contribution in [2.75, 3.05) is 13.2 Å². The molecular weight excluding hydrogens is 241 g/mol. The van der Waals surface area contributed by atoms with E-state index in [9.17, 15) is 4.39 Å². The van der Waals surface area contributed by atoms with E-state index in [0.717, 1.165) is 6.42 Å². The highest BCUT2D eigenvalue weighted by Gasteiger charge is 2.23. The van der Waals surface area contributed by atoms with Crippen LogP contribution in [0.2, 0.25) is 0 Å². The van der Waals surface area contributed by atoms with Gasteiger partial charge < -0.3 is 10.1 Å². The molecule has 106 valence electrons. The van der Waals surface area contributed by atoms with Crippen LogP contribution in [0, 0.1) is 5.82 Å². The molecule has 1 atom stereocenters. The molecule has 19 heavy (non-hydrogen) atoms. The van der Waals surface area contributed by atoms with Crippen molar-refractivity contribution < 1.29 is 9.13 Å². The molecule has 0 aliphatic heterocycles. The smallest absolute Gasteiger partial charge is 0.129 e. The van der Waals surface area contributed by atoms with E-state index in [4.69, 9.17) is 4.74 Å². The number of hydrogen-bond acceptors (Lipinski definition) is 2. The molecule has 0 heterocycles. The Labute approximate surface area is 115 Å². The number of rotatable bonds is 9. The maximum atomic E-state index is 13.8. The van der Waals surface area contributed by atoms with Crippen LogP contribution >= 0.6 is 0 Å². The Morgan fingerprint density at radius 1 is 1.32 bits per heavy atom. The molecule has 1 aliphatic rings. The highest BCUT2D eigenvalue weighted by molar-refractivity contribution is 5.20. The summed E-state index contributed by atoms with van der Waals surface area (Å²) < 4.78 is 19.7. The third-order valence-corrected chi connectivity index (χ3v) is 3.49. The molecule has 2 rings (SSSR count). The molecule has 1 saturated carbocycles. The highest BCUT2D eigenvalue weighted by Crippen LogP contribution is 2.24. The minimum absolute atomic E-state index is 0.166. The molecule has 1 fully saturated rings. The van der Waals surface area contributed by atoms with Crippen LogP contribution < -0.4 is 5.32 Å². The third-order valence-electron chi connectivity index (χ3n) is 3.49. The van der Waals surface area contributed by atoms with Crippen molar-refractivity contribution in [1.82, 2.24) is 5.32 Å². The van der Waals surface area contributed by atoms with Gasteiger partial charge in [0.25, 0.3) is 0 Å². The molecular formula is C16H24FNO. The summed E-state index contributed by atoms with van der Waals surface area (Å²) >= 11 is 0. The van der Waals surface area contributed by atoms with Gasteiger partial charge in [0.15, 0.2) is 0 Å². The second kappa shape index (κ2) is 7.61. The van der Waals surface area contributed by atoms with Crippen molar-refractivity contribution in [2.24, 2.45) is 0 Å². The van der Waals surface area contributed by atoms with E-state index in [1.165, 1.54) is 31.7 Å². The van der Waals surface area contributed by atoms with E-state index in [1.54, 1.807) is 6.07 Å². The number of halogens is 1. The minimum Gasteiger partial charge on any atom is -0.372 e. The van der Waals surface area contributed by atoms with Crippen molar-refractivity contribution >= 4 is 0 Å². The topological polar surface area (TPSA) is 21.3 Å². The summed E-state index contributed by atoms with van der Waals surface area (Å²) in [4.78, 5) is 0. The van der Waals surface area contributed by atoms with E-state index in [2.05, 4.69) is 12.2 Å². The first-order valence-electron chi connectivity index (χ1n) is 7.40. The minimum atomic E-state index is -0.168. The number of hydrogen-bond donors (Lipinski definition) is 1. The normalized spacial score (nSPS) is 16.5. The molecule has 0 bridgehead atoms. The zero-order chi connectivity index (χ0) is 13.5. The lowest BCUT2D eigenvalue weighted by Crippen LogP contribution is -2.26. The molecule has 1 aliphatic carbocycles. The lowest BCUT2D eigenvalue weighted by atomic mass is 10.1. The quantitative estimate of drug-likeness (QED) is 0.685. The zero-order valence-corrected chi connectivity index (χ0v) is 11.7. The third kappa shape index (κ3) is 4.92. The van der Waals surface area contributed by atoms with E-state index >= 15 is 0 Å². The van der Waals surface area contributed by atoms with Crippen LogP contribution in [-0.4, -0.2) is 19.2 Å². The Hall–Kier alpha value is -0.930. The first kappa shape index (κ1) is 14.5. The fourth-order valence-electron chi connectivity index (χ4n) is 2.13. The first-order valence-corrected chi connectivity index (χ1v) is 7.40. The molecule has 1 unspecified atom stereocenters. The number of ether oxygens (including phenoxy) is 1. The Balaban J connectivity index is 1.90. The molecule has 2 nitrogen and oxygen atoms in total. The fourth-order valence-corrected chi connectivity index (χ4v) is 2.13. The second-order valence-electron chi connectivity index (χ2n) is 5.27. The van der Waals surface area contributed by atoms with Gasteiger partial charge in [-0.2, -0.15) is 0 Å². The van der Waals surface area contributed by atoms with Gasteiger partial charge >= 0.3 is 0 Å². The second-order valence-corrected chi connectivity index (χ2v) is 5.27. The standard InChI is InChI=1S/C16H24FNO/c1-2-3-6-11-19-16(12-18-13-9-10-13)14-7-4-5-8-15(14)17/h4-5,7-8,13,16,18H,2-3,6,9-12H2,1H3. The van der Waals surface area contributed by atoms with Crippen molar-refractivity contribution in [1.29, 1.82) is 0 Å². The Kier molecular flexibility index (Phi) is 5.80. The Morgan fingerprint density at radius 3 is 2.79 bits per heavy atom. The van der Waals surface area contributed by atoms with Gasteiger partial charge in [0.05, 0.1) is 6.10 Å². The first-order chi connectivity index (χ1) is 9.31. The monoisotopic (exact) mass is 265 g/mol. The number of nitrogens with one attached hydrogen (secondary N) is 1. The van der Waals surface area contributed by atoms with Gasteiger partial charge in [-0.25, -0.2) is 4.39 Å². The van der Waals surface area contributed by atoms with Crippen LogP contribution in [0.3, 0.4) is 0 Å². The van der Waals surface area contributed by atoms with Gasteiger partial charge in [0.2, 0.25) is 0 Å². The Morgan fingerprint density at radius 2 is 2.11 bits per heavy atom. The predicted octanol–water partition coefficient (Wildman–Crippen LogP) is 3.83. The largest absolute Gasteiger partial charge is 0.372 e. The fraction of sp³-hybridized carbons (Fsp3) is 0.625. The molecule has 0 saturated heterocycles. The summed E-state index contributed by atoms with van der Waals surface area (Å²) in [6, 6.07) is 7.55. The summed E-state index contributed by atoms with van der Waals surface area (Å²) in [5.41, 5.74) is 0.673. The lowest BCUT2D eigenvalue weighted by molar-refractivity contribution is 0.0474. The number of unbranched alkanes of at least 4 members (excludes halogenated alkanes) is 2. The molecule has 1 N–H and O–H groups in total. The van der Waals surface area contributed by atoms with Gasteiger partial charge in [-0.1, -0.05) is 38.0 Å². The average Bonchev–Trinajstić information content (AvgIpc) is 3.23. The van der Waals surface area contributed by atoms with Gasteiger partial charge in [-0.05, 0) is 25.3 Å². The van der Waals surface area contributed by atoms with E-state index in [1.807, 2.05) is 12.1 Å². The van der Waals surface area contributed by atoms with Crippen molar-refractivity contribution in [2.45, 2.75) is 51.2 Å². The molecule has 0 amide bonds. The summed E-state index contributed by atoms with van der Waals surface area (Å²) in [6.45, 7) is 3.58. The van der Waals surface area contributed by atoms with Gasteiger partial charge in [0.1, 0.15) is 5.82 Å². The molecule has 1 aromatic rings. The maximum absolute atomic E-state index is 13.8. The summed E-state index contributed by atoms with van der Waals surface area (Å²) in [7, 11) is 0. The van der Waals surface area contributed by atoms with Crippen LogP contribution in [0.1, 0.15) is 50.7 Å². The van der Waals surface area contributed by atoms with Crippen LogP contribution in [0.25, 0.3) is 0 Å². The Bertz CT molecular complexity index is 379. The summed E-state index contributed by atoms with van der Waals surface area (Å²) in [6.07, 6.45) is 5.69. The van der Waals surface area contributed by atoms with Crippen molar-refractivity contribution in [3.63, 3.8) is 0 Å². The summed E-state index contributed by atoms with van der Waals surface area (Å²) in [5.74, 6) is -0.166. The SMILES string of the molecule is CCCCCOC(CNC1CC1)c1ccccc1F. The highest BCUT2D eigenvalue weighted by atomic mass is 19.1. The van der Waals surface area contributed by atoms with Crippen molar-refractivity contribution in [3.05, 3.63) is 35.6 Å². The lowest BCUT2D eigenvalue weighted by Gasteiger charge is -2.19. The zero-order valence-electron chi connectivity index (χ0n) is 11.7. The van der Waals surface area contributed by atoms with Gasteiger partial charge in [-0.3, -0.25) is 0 Å². The van der Waals surface area contributed by atoms with Gasteiger partial charge in [0, 0.05) is 24.8 Å². The summed E-state index contributed by atoms with van der Waals surface area (Å²) in [5, 5.41) is 3.43. The predicted molar refractivity (Wildman–Crippen MR) is 75.6 cm³/mol. The molecule has 3 heteroatoms. The maximum Gasteiger partial charge on any atom is 0.129 e. The van der Waals surface area contributed by atoms with Crippen LogP contribution in [0.5, 0.6) is 0 Å². The van der Waals surface area contributed by atoms with E-state index in [-0.39, 0.29) is 11.9 Å². The van der Waals surface area contributed by atoms with Crippen molar-refractivity contribution in [3.8, 4) is 0 Å². The van der Waals surface area contributed by atoms with E-state index < -0.39 is 0 Å². The molecule has 1 aromatic carbocycles. The average molecular weight is 265 g/mol.